The van der Waals surface area contributed by atoms with Crippen LogP contribution >= 0.6 is 0 Å². The van der Waals surface area contributed by atoms with E-state index >= 15 is 0 Å². The predicted octanol–water partition coefficient (Wildman–Crippen LogP) is 6.51. The number of esters is 2. The van der Waals surface area contributed by atoms with E-state index in [0.29, 0.717) is 22.6 Å². The summed E-state index contributed by atoms with van der Waals surface area (Å²) >= 11 is 0. The van der Waals surface area contributed by atoms with E-state index in [1.54, 1.807) is 48.5 Å². The van der Waals surface area contributed by atoms with Gasteiger partial charge in [-0.25, -0.2) is 9.59 Å². The number of ether oxygens (including phenoxy) is 5. The lowest BCUT2D eigenvalue weighted by Crippen LogP contribution is -2.23. The number of allylic oxidation sites excluding steroid dienone is 2. The lowest BCUT2D eigenvalue weighted by atomic mass is 10.0. The molecule has 1 amide bonds. The van der Waals surface area contributed by atoms with Gasteiger partial charge in [-0.1, -0.05) is 37.1 Å². The highest BCUT2D eigenvalue weighted by atomic mass is 16.6. The van der Waals surface area contributed by atoms with Gasteiger partial charge in [0.25, 0.3) is 5.91 Å². The molecular weight excluding hydrogens is 662 g/mol. The van der Waals surface area contributed by atoms with Crippen molar-refractivity contribution in [3.63, 3.8) is 0 Å². The topological polar surface area (TPSA) is 130 Å². The second-order valence-electron chi connectivity index (χ2n) is 10.6. The van der Waals surface area contributed by atoms with Gasteiger partial charge in [-0.15, -0.1) is 0 Å². The number of nitrogens with one attached hydrogen (secondary N) is 1. The smallest absolute Gasteiger partial charge is 0.330 e. The zero-order chi connectivity index (χ0) is 37.1. The van der Waals surface area contributed by atoms with Crippen LogP contribution in [0.1, 0.15) is 34.0 Å². The molecule has 4 aromatic rings. The molecule has 0 heterocycles. The lowest BCUT2D eigenvalue weighted by molar-refractivity contribution is -0.139. The molecule has 0 spiro atoms. The Balaban J connectivity index is 1.28. The van der Waals surface area contributed by atoms with E-state index in [0.717, 1.165) is 34.1 Å². The van der Waals surface area contributed by atoms with Crippen LogP contribution in [0.25, 0.3) is 10.8 Å². The summed E-state index contributed by atoms with van der Waals surface area (Å²) in [7, 11) is 0. The maximum absolute atomic E-state index is 13.0. The van der Waals surface area contributed by atoms with Gasteiger partial charge in [-0.05, 0) is 96.4 Å². The Hall–Kier alpha value is -7.17. The summed E-state index contributed by atoms with van der Waals surface area (Å²) in [5.41, 5.74) is 2.80. The monoisotopic (exact) mass is 697 g/mol. The van der Waals surface area contributed by atoms with Gasteiger partial charge < -0.3 is 34.1 Å². The van der Waals surface area contributed by atoms with Gasteiger partial charge >= 0.3 is 11.9 Å². The van der Waals surface area contributed by atoms with Gasteiger partial charge in [-0.2, -0.15) is 0 Å². The maximum atomic E-state index is 13.0. The normalized spacial score (nSPS) is 10.7. The summed E-state index contributed by atoms with van der Waals surface area (Å²) < 4.78 is 26.0. The number of aliphatic hydroxyl groups is 1. The van der Waals surface area contributed by atoms with Crippen molar-refractivity contribution in [1.29, 1.82) is 0 Å². The van der Waals surface area contributed by atoms with Crippen molar-refractivity contribution >= 4 is 28.6 Å². The largest absolute Gasteiger partial charge is 0.510 e. The standard InChI is InChI=1S/C42H35NO9/c1-4-40(45)51-26-24-49-37-16-9-31(10-17-37)6-7-33-8-13-35-29-36(15-14-34(35)28-33)42(47)43-39(30(3)44)21-23-48-22-20-32-11-18-38(19-12-32)50-25-27-52-41(46)5-2/h4-5,8-19,21,23,28-29,44H,1-2,24-27H2,3H3,(H,43,47)/b23-21-,39-30-. The zero-order valence-electron chi connectivity index (χ0n) is 28.3. The van der Waals surface area contributed by atoms with Gasteiger partial charge in [-0.3, -0.25) is 4.79 Å². The lowest BCUT2D eigenvalue weighted by Gasteiger charge is -2.08. The summed E-state index contributed by atoms with van der Waals surface area (Å²) in [5, 5.41) is 14.6. The van der Waals surface area contributed by atoms with Crippen molar-refractivity contribution in [3.8, 4) is 35.4 Å². The predicted molar refractivity (Wildman–Crippen MR) is 196 cm³/mol. The molecule has 0 atom stereocenters. The van der Waals surface area contributed by atoms with Crippen LogP contribution in [0.2, 0.25) is 0 Å². The third-order valence-electron chi connectivity index (χ3n) is 6.88. The van der Waals surface area contributed by atoms with E-state index in [1.165, 1.54) is 19.3 Å². The van der Waals surface area contributed by atoms with Crippen LogP contribution in [-0.4, -0.2) is 49.4 Å². The van der Waals surface area contributed by atoms with Crippen LogP contribution < -0.4 is 14.8 Å². The fourth-order valence-corrected chi connectivity index (χ4v) is 4.27. The molecule has 10 heteroatoms. The Kier molecular flexibility index (Phi) is 14.3. The van der Waals surface area contributed by atoms with Crippen LogP contribution in [0.15, 0.2) is 134 Å². The average Bonchev–Trinajstić information content (AvgIpc) is 3.17. The summed E-state index contributed by atoms with van der Waals surface area (Å²) in [4.78, 5) is 35.2. The van der Waals surface area contributed by atoms with E-state index in [-0.39, 0.29) is 37.9 Å². The Bertz CT molecular complexity index is 2100. The highest BCUT2D eigenvalue weighted by Crippen LogP contribution is 2.19. The molecule has 0 aliphatic rings. The first-order chi connectivity index (χ1) is 25.2. The highest BCUT2D eigenvalue weighted by Gasteiger charge is 2.10. The van der Waals surface area contributed by atoms with E-state index < -0.39 is 17.8 Å². The highest BCUT2D eigenvalue weighted by molar-refractivity contribution is 5.99. The second kappa shape index (κ2) is 19.7. The molecule has 0 fully saturated rings. The third kappa shape index (κ3) is 12.4. The van der Waals surface area contributed by atoms with Crippen LogP contribution in [0.5, 0.6) is 11.5 Å². The summed E-state index contributed by atoms with van der Waals surface area (Å²) in [6.07, 6.45) is 7.37. The first-order valence-corrected chi connectivity index (χ1v) is 15.9. The number of hydrogen-bond donors (Lipinski definition) is 2. The SMILES string of the molecule is C=CC(=O)OCCOc1ccc(C#CO/C=C\C(NC(=O)c2ccc3cc(C#Cc4ccc(OCCOC(=O)C=C)cc4)ccc3c2)=C(/C)O)cc1. The van der Waals surface area contributed by atoms with Crippen molar-refractivity contribution in [2.75, 3.05) is 26.4 Å². The molecule has 0 bridgehead atoms. The van der Waals surface area contributed by atoms with Crippen LogP contribution in [0, 0.1) is 23.9 Å². The molecular formula is C42H35NO9. The molecule has 0 saturated carbocycles. The first kappa shape index (κ1) is 37.6. The van der Waals surface area contributed by atoms with Crippen molar-refractivity contribution in [3.05, 3.63) is 156 Å². The van der Waals surface area contributed by atoms with E-state index in [2.05, 4.69) is 42.3 Å². The molecule has 52 heavy (non-hydrogen) atoms. The van der Waals surface area contributed by atoms with Crippen molar-refractivity contribution in [2.45, 2.75) is 6.92 Å². The van der Waals surface area contributed by atoms with Crippen molar-refractivity contribution in [2.24, 2.45) is 0 Å². The number of benzene rings is 4. The molecule has 10 nitrogen and oxygen atoms in total. The van der Waals surface area contributed by atoms with Gasteiger partial charge in [0.15, 0.2) is 0 Å². The van der Waals surface area contributed by atoms with E-state index in [4.69, 9.17) is 23.7 Å². The number of carbonyl (C=O) groups excluding carboxylic acids is 3. The molecule has 0 unspecified atom stereocenters. The van der Waals surface area contributed by atoms with Crippen molar-refractivity contribution in [1.82, 2.24) is 5.32 Å². The van der Waals surface area contributed by atoms with Crippen molar-refractivity contribution < 1.29 is 43.2 Å². The summed E-state index contributed by atoms with van der Waals surface area (Å²) in [6, 6.07) is 25.1. The fourth-order valence-electron chi connectivity index (χ4n) is 4.27. The number of hydrogen-bond acceptors (Lipinski definition) is 9. The third-order valence-corrected chi connectivity index (χ3v) is 6.88. The van der Waals surface area contributed by atoms with Crippen LogP contribution in [0.3, 0.4) is 0 Å². The minimum absolute atomic E-state index is 0.106. The van der Waals surface area contributed by atoms with Gasteiger partial charge in [0, 0.05) is 40.5 Å². The van der Waals surface area contributed by atoms with Gasteiger partial charge in [0.2, 0.25) is 0 Å². The zero-order valence-corrected chi connectivity index (χ0v) is 28.3. The Morgan fingerprint density at radius 1 is 0.692 bits per heavy atom. The number of amides is 1. The molecule has 4 rings (SSSR count). The van der Waals surface area contributed by atoms with Gasteiger partial charge in [0.05, 0.1) is 5.70 Å². The molecule has 0 saturated heterocycles. The first-order valence-electron chi connectivity index (χ1n) is 15.9. The minimum Gasteiger partial charge on any atom is -0.510 e. The summed E-state index contributed by atoms with van der Waals surface area (Å²) in [5.74, 6) is 8.79. The molecule has 0 aliphatic carbocycles. The molecule has 2 N–H and O–H groups in total. The summed E-state index contributed by atoms with van der Waals surface area (Å²) in [6.45, 7) is 8.77. The quantitative estimate of drug-likeness (QED) is 0.0378. The van der Waals surface area contributed by atoms with E-state index in [1.807, 2.05) is 36.4 Å². The number of aliphatic hydroxyl groups excluding tert-OH is 1. The van der Waals surface area contributed by atoms with Crippen LogP contribution in [0.4, 0.5) is 0 Å². The Morgan fingerprint density at radius 3 is 1.79 bits per heavy atom. The average molecular weight is 698 g/mol. The Morgan fingerprint density at radius 2 is 1.21 bits per heavy atom. The molecule has 4 aromatic carbocycles. The maximum Gasteiger partial charge on any atom is 0.330 e. The number of carbonyl (C=O) groups is 3. The van der Waals surface area contributed by atoms with Crippen LogP contribution in [-0.2, 0) is 23.8 Å². The molecule has 0 aliphatic heterocycles. The molecule has 262 valence electrons. The van der Waals surface area contributed by atoms with Gasteiger partial charge in [0.1, 0.15) is 56.1 Å². The second-order valence-corrected chi connectivity index (χ2v) is 10.6. The van der Waals surface area contributed by atoms with E-state index in [9.17, 15) is 19.5 Å². The fraction of sp³-hybridized carbons (Fsp3) is 0.119. The minimum atomic E-state index is -0.511. The number of rotatable bonds is 14. The number of fused-ring (bicyclic) bond motifs is 1. The molecule has 0 radical (unpaired) electrons. The Labute approximate surface area is 301 Å². The molecule has 0 aromatic heterocycles.